The van der Waals surface area contributed by atoms with E-state index < -0.39 is 11.7 Å². The van der Waals surface area contributed by atoms with Crippen LogP contribution in [-0.2, 0) is 11.0 Å². The number of furan rings is 1. The first-order chi connectivity index (χ1) is 13.3. The number of hydrogen-bond donors (Lipinski definition) is 1. The lowest BCUT2D eigenvalue weighted by atomic mass is 10.2. The molecule has 28 heavy (non-hydrogen) atoms. The normalized spacial score (nSPS) is 15.5. The maximum atomic E-state index is 12.7. The maximum Gasteiger partial charge on any atom is 0.416 e. The summed E-state index contributed by atoms with van der Waals surface area (Å²) in [6, 6.07) is 7.83. The van der Waals surface area contributed by atoms with Crippen molar-refractivity contribution in [3.8, 4) is 0 Å². The lowest BCUT2D eigenvalue weighted by Gasteiger charge is -2.34. The van der Waals surface area contributed by atoms with Crippen LogP contribution >= 0.6 is 0 Å². The lowest BCUT2D eigenvalue weighted by Crippen LogP contribution is -2.49. The van der Waals surface area contributed by atoms with E-state index >= 15 is 0 Å². The van der Waals surface area contributed by atoms with Crippen LogP contribution in [0.2, 0.25) is 0 Å². The van der Waals surface area contributed by atoms with Gasteiger partial charge in [-0.25, -0.2) is 0 Å². The third-order valence-electron chi connectivity index (χ3n) is 4.52. The number of hydrogen-bond acceptors (Lipinski definition) is 4. The fourth-order valence-corrected chi connectivity index (χ4v) is 2.99. The summed E-state index contributed by atoms with van der Waals surface area (Å²) in [5.74, 6) is -0.214. The first kappa shape index (κ1) is 19.9. The zero-order chi connectivity index (χ0) is 20.1. The van der Waals surface area contributed by atoms with Crippen LogP contribution in [0.3, 0.4) is 0 Å². The molecule has 0 spiro atoms. The third-order valence-corrected chi connectivity index (χ3v) is 4.52. The standard InChI is InChI=1S/C19H20F3N3O3/c20-19(21,22)14-3-1-4-15(13-14)23-17(26)6-7-24-8-10-25(11-9-24)18(27)16-5-2-12-28-16/h1-5,12-13H,6-11H2,(H,23,26). The molecule has 1 aliphatic rings. The Bertz CT molecular complexity index is 813. The monoisotopic (exact) mass is 395 g/mol. The van der Waals surface area contributed by atoms with Crippen molar-refractivity contribution in [2.24, 2.45) is 0 Å². The molecule has 1 aromatic heterocycles. The Hall–Kier alpha value is -2.81. The van der Waals surface area contributed by atoms with Gasteiger partial charge in [0, 0.05) is 44.8 Å². The molecule has 150 valence electrons. The summed E-state index contributed by atoms with van der Waals surface area (Å²) in [6.45, 7) is 2.74. The highest BCUT2D eigenvalue weighted by Crippen LogP contribution is 2.30. The fraction of sp³-hybridized carbons (Fsp3) is 0.368. The highest BCUT2D eigenvalue weighted by Gasteiger charge is 2.30. The molecule has 2 heterocycles. The van der Waals surface area contributed by atoms with E-state index in [4.69, 9.17) is 4.42 Å². The van der Waals surface area contributed by atoms with Crippen LogP contribution in [0.25, 0.3) is 0 Å². The SMILES string of the molecule is O=C(CCN1CCN(C(=O)c2ccco2)CC1)Nc1cccc(C(F)(F)F)c1. The van der Waals surface area contributed by atoms with E-state index in [1.54, 1.807) is 17.0 Å². The van der Waals surface area contributed by atoms with Gasteiger partial charge >= 0.3 is 6.18 Å². The molecule has 2 amide bonds. The van der Waals surface area contributed by atoms with Gasteiger partial charge in [-0.1, -0.05) is 6.07 Å². The molecule has 1 aromatic carbocycles. The smallest absolute Gasteiger partial charge is 0.416 e. The van der Waals surface area contributed by atoms with Crippen LogP contribution in [0.4, 0.5) is 18.9 Å². The second kappa shape index (κ2) is 8.47. The number of alkyl halides is 3. The third kappa shape index (κ3) is 5.13. The van der Waals surface area contributed by atoms with Crippen LogP contribution in [0.5, 0.6) is 0 Å². The molecule has 0 radical (unpaired) electrons. The maximum absolute atomic E-state index is 12.7. The highest BCUT2D eigenvalue weighted by atomic mass is 19.4. The van der Waals surface area contributed by atoms with E-state index in [2.05, 4.69) is 5.32 Å². The lowest BCUT2D eigenvalue weighted by molar-refractivity contribution is -0.137. The van der Waals surface area contributed by atoms with Crippen LogP contribution < -0.4 is 5.32 Å². The number of benzene rings is 1. The number of carbonyl (C=O) groups excluding carboxylic acids is 2. The van der Waals surface area contributed by atoms with Crippen molar-refractivity contribution in [2.75, 3.05) is 38.0 Å². The number of halogens is 3. The van der Waals surface area contributed by atoms with Crippen molar-refractivity contribution in [3.63, 3.8) is 0 Å². The van der Waals surface area contributed by atoms with E-state index in [0.29, 0.717) is 38.5 Å². The first-order valence-electron chi connectivity index (χ1n) is 8.85. The van der Waals surface area contributed by atoms with Gasteiger partial charge in [0.15, 0.2) is 5.76 Å². The molecule has 1 fully saturated rings. The van der Waals surface area contributed by atoms with Crippen LogP contribution in [0.15, 0.2) is 47.1 Å². The van der Waals surface area contributed by atoms with Gasteiger partial charge in [-0.2, -0.15) is 13.2 Å². The van der Waals surface area contributed by atoms with E-state index in [1.165, 1.54) is 18.4 Å². The number of piperazine rings is 1. The fourth-order valence-electron chi connectivity index (χ4n) is 2.99. The molecule has 0 saturated carbocycles. The number of rotatable bonds is 5. The van der Waals surface area contributed by atoms with Gasteiger partial charge in [-0.3, -0.25) is 14.5 Å². The van der Waals surface area contributed by atoms with Crippen LogP contribution in [0, 0.1) is 0 Å². The number of carbonyl (C=O) groups is 2. The molecule has 9 heteroatoms. The minimum absolute atomic E-state index is 0.119. The minimum atomic E-state index is -4.45. The Morgan fingerprint density at radius 3 is 2.46 bits per heavy atom. The first-order valence-corrected chi connectivity index (χ1v) is 8.85. The topological polar surface area (TPSA) is 65.8 Å². The number of amides is 2. The molecule has 1 aliphatic heterocycles. The average molecular weight is 395 g/mol. The Labute approximate surface area is 159 Å². The second-order valence-corrected chi connectivity index (χ2v) is 6.49. The predicted octanol–water partition coefficient (Wildman–Crippen LogP) is 3.09. The Kier molecular flexibility index (Phi) is 6.03. The quantitative estimate of drug-likeness (QED) is 0.845. The largest absolute Gasteiger partial charge is 0.459 e. The van der Waals surface area contributed by atoms with E-state index in [9.17, 15) is 22.8 Å². The van der Waals surface area contributed by atoms with Crippen molar-refractivity contribution in [1.29, 1.82) is 0 Å². The minimum Gasteiger partial charge on any atom is -0.459 e. The highest BCUT2D eigenvalue weighted by molar-refractivity contribution is 5.91. The number of anilines is 1. The van der Waals surface area contributed by atoms with E-state index in [-0.39, 0.29) is 23.9 Å². The van der Waals surface area contributed by atoms with Crippen molar-refractivity contribution in [3.05, 3.63) is 54.0 Å². The van der Waals surface area contributed by atoms with Crippen molar-refractivity contribution in [1.82, 2.24) is 9.80 Å². The molecule has 0 aliphatic carbocycles. The number of nitrogens with zero attached hydrogens (tertiary/aromatic N) is 2. The summed E-state index contributed by atoms with van der Waals surface area (Å²) in [5.41, 5.74) is -0.684. The number of nitrogens with one attached hydrogen (secondary N) is 1. The van der Waals surface area contributed by atoms with Gasteiger partial charge in [0.05, 0.1) is 11.8 Å². The summed E-state index contributed by atoms with van der Waals surface area (Å²) in [6.07, 6.45) is -2.84. The van der Waals surface area contributed by atoms with Crippen molar-refractivity contribution < 1.29 is 27.2 Å². The van der Waals surface area contributed by atoms with Gasteiger partial charge < -0.3 is 14.6 Å². The van der Waals surface area contributed by atoms with Gasteiger partial charge in [-0.15, -0.1) is 0 Å². The molecule has 2 aromatic rings. The molecule has 0 unspecified atom stereocenters. The zero-order valence-electron chi connectivity index (χ0n) is 15.0. The van der Waals surface area contributed by atoms with Gasteiger partial charge in [0.2, 0.25) is 5.91 Å². The molecule has 1 saturated heterocycles. The summed E-state index contributed by atoms with van der Waals surface area (Å²) >= 11 is 0. The van der Waals surface area contributed by atoms with Crippen LogP contribution in [0.1, 0.15) is 22.5 Å². The van der Waals surface area contributed by atoms with Crippen molar-refractivity contribution in [2.45, 2.75) is 12.6 Å². The van der Waals surface area contributed by atoms with Gasteiger partial charge in [0.1, 0.15) is 0 Å². The van der Waals surface area contributed by atoms with E-state index in [1.807, 2.05) is 4.90 Å². The molecular weight excluding hydrogens is 375 g/mol. The molecule has 0 atom stereocenters. The Morgan fingerprint density at radius 1 is 1.07 bits per heavy atom. The molecule has 3 rings (SSSR count). The Balaban J connectivity index is 1.43. The van der Waals surface area contributed by atoms with Gasteiger partial charge in [-0.05, 0) is 30.3 Å². The second-order valence-electron chi connectivity index (χ2n) is 6.49. The predicted molar refractivity (Wildman–Crippen MR) is 95.7 cm³/mol. The Morgan fingerprint density at radius 2 is 1.82 bits per heavy atom. The summed E-state index contributed by atoms with van der Waals surface area (Å²) in [5, 5.41) is 2.50. The molecule has 0 bridgehead atoms. The molecule has 6 nitrogen and oxygen atoms in total. The van der Waals surface area contributed by atoms with Crippen molar-refractivity contribution >= 4 is 17.5 Å². The summed E-state index contributed by atoms with van der Waals surface area (Å²) in [7, 11) is 0. The summed E-state index contributed by atoms with van der Waals surface area (Å²) in [4.78, 5) is 28.0. The molecular formula is C19H20F3N3O3. The van der Waals surface area contributed by atoms with Gasteiger partial charge in [0.25, 0.3) is 5.91 Å². The summed E-state index contributed by atoms with van der Waals surface area (Å²) < 4.78 is 43.3. The average Bonchev–Trinajstić information content (AvgIpc) is 3.20. The van der Waals surface area contributed by atoms with E-state index in [0.717, 1.165) is 12.1 Å². The zero-order valence-corrected chi connectivity index (χ0v) is 15.0. The van der Waals surface area contributed by atoms with Crippen LogP contribution in [-0.4, -0.2) is 54.3 Å². The molecule has 1 N–H and O–H groups in total.